The summed E-state index contributed by atoms with van der Waals surface area (Å²) >= 11 is 0. The molecule has 2 aromatic rings. The monoisotopic (exact) mass is 588 g/mol. The van der Waals surface area contributed by atoms with E-state index in [1.165, 1.54) is 9.80 Å². The summed E-state index contributed by atoms with van der Waals surface area (Å²) in [6.45, 7) is 4.02. The fraction of sp³-hybridized carbons (Fsp3) is 0.500. The van der Waals surface area contributed by atoms with Crippen molar-refractivity contribution in [2.75, 3.05) is 52.2 Å². The van der Waals surface area contributed by atoms with Crippen LogP contribution in [-0.2, 0) is 18.4 Å². The molecule has 222 valence electrons. The van der Waals surface area contributed by atoms with E-state index in [9.17, 15) is 29.2 Å². The van der Waals surface area contributed by atoms with Crippen LogP contribution in [0.2, 0.25) is 0 Å². The van der Waals surface area contributed by atoms with Crippen LogP contribution >= 0.6 is 7.60 Å². The van der Waals surface area contributed by atoms with E-state index in [4.69, 9.17) is 9.05 Å². The quantitative estimate of drug-likeness (QED) is 0.317. The Kier molecular flexibility index (Phi) is 10.1. The summed E-state index contributed by atoms with van der Waals surface area (Å²) in [5, 5.41) is 21.6. The normalized spacial score (nSPS) is 19.5. The molecule has 3 N–H and O–H groups in total. The molecule has 41 heavy (non-hydrogen) atoms. The van der Waals surface area contributed by atoms with Crippen LogP contribution in [0.1, 0.15) is 42.2 Å². The molecular formula is C28H37N4O8P. The van der Waals surface area contributed by atoms with Gasteiger partial charge in [-0.1, -0.05) is 30.3 Å². The summed E-state index contributed by atoms with van der Waals surface area (Å²) in [6, 6.07) is 11.7. The highest BCUT2D eigenvalue weighted by atomic mass is 31.2. The molecule has 2 fully saturated rings. The molecular weight excluding hydrogens is 551 g/mol. The molecule has 1 aliphatic carbocycles. The second kappa shape index (κ2) is 13.6. The Morgan fingerprint density at radius 3 is 2.24 bits per heavy atom. The highest BCUT2D eigenvalue weighted by Crippen LogP contribution is 2.49. The van der Waals surface area contributed by atoms with E-state index in [1.807, 2.05) is 36.4 Å². The van der Waals surface area contributed by atoms with Gasteiger partial charge in [-0.2, -0.15) is 0 Å². The van der Waals surface area contributed by atoms with Crippen molar-refractivity contribution in [3.63, 3.8) is 0 Å². The highest BCUT2D eigenvalue weighted by Gasteiger charge is 2.40. The Morgan fingerprint density at radius 1 is 1.05 bits per heavy atom. The number of nitrogens with one attached hydrogen (secondary N) is 1. The molecule has 2 heterocycles. The van der Waals surface area contributed by atoms with E-state index in [2.05, 4.69) is 10.3 Å². The van der Waals surface area contributed by atoms with Gasteiger partial charge in [0.15, 0.2) is 0 Å². The van der Waals surface area contributed by atoms with Crippen LogP contribution < -0.4 is 5.32 Å². The zero-order chi connectivity index (χ0) is 29.6. The molecule has 1 saturated heterocycles. The first-order chi connectivity index (χ1) is 19.7. The number of aliphatic hydroxyl groups is 1. The van der Waals surface area contributed by atoms with Crippen LogP contribution in [0.15, 0.2) is 42.5 Å². The Balaban J connectivity index is 1.62. The first-order valence-electron chi connectivity index (χ1n) is 13.8. The van der Waals surface area contributed by atoms with Crippen molar-refractivity contribution in [3.05, 3.63) is 53.7 Å². The first-order valence-corrected chi connectivity index (χ1v) is 15.5. The number of carboxylic acid groups (broad SMARTS) is 1. The van der Waals surface area contributed by atoms with Gasteiger partial charge in [-0.15, -0.1) is 0 Å². The summed E-state index contributed by atoms with van der Waals surface area (Å²) in [5.41, 5.74) is 2.34. The lowest BCUT2D eigenvalue weighted by Crippen LogP contribution is -2.56. The minimum Gasteiger partial charge on any atom is -0.465 e. The lowest BCUT2D eigenvalue weighted by molar-refractivity contribution is -0.134. The Labute approximate surface area is 239 Å². The summed E-state index contributed by atoms with van der Waals surface area (Å²) in [6.07, 6.45) is -0.664. The zero-order valence-electron chi connectivity index (χ0n) is 23.3. The molecule has 1 aromatic heterocycles. The van der Waals surface area contributed by atoms with Gasteiger partial charge in [0.2, 0.25) is 5.91 Å². The summed E-state index contributed by atoms with van der Waals surface area (Å²) in [4.78, 5) is 45.9. The van der Waals surface area contributed by atoms with Crippen LogP contribution in [0, 0.1) is 5.92 Å². The lowest BCUT2D eigenvalue weighted by atomic mass is 10.0. The van der Waals surface area contributed by atoms with Crippen LogP contribution in [0.4, 0.5) is 4.79 Å². The summed E-state index contributed by atoms with van der Waals surface area (Å²) < 4.78 is 24.3. The van der Waals surface area contributed by atoms with E-state index >= 15 is 0 Å². The molecule has 3 amide bonds. The molecule has 1 saturated carbocycles. The maximum atomic E-state index is 13.7. The van der Waals surface area contributed by atoms with Crippen molar-refractivity contribution >= 4 is 25.5 Å². The van der Waals surface area contributed by atoms with E-state index in [-0.39, 0.29) is 63.5 Å². The van der Waals surface area contributed by atoms with Crippen molar-refractivity contribution in [2.24, 2.45) is 5.92 Å². The van der Waals surface area contributed by atoms with Gasteiger partial charge in [0, 0.05) is 38.3 Å². The van der Waals surface area contributed by atoms with Gasteiger partial charge in [-0.25, -0.2) is 9.78 Å². The van der Waals surface area contributed by atoms with Crippen molar-refractivity contribution in [3.8, 4) is 11.3 Å². The van der Waals surface area contributed by atoms with Crippen molar-refractivity contribution < 1.29 is 38.2 Å². The van der Waals surface area contributed by atoms with Crippen LogP contribution in [0.25, 0.3) is 11.3 Å². The highest BCUT2D eigenvalue weighted by molar-refractivity contribution is 7.54. The predicted octanol–water partition coefficient (Wildman–Crippen LogP) is 3.03. The van der Waals surface area contributed by atoms with Gasteiger partial charge in [0.05, 0.1) is 25.1 Å². The average Bonchev–Trinajstić information content (AvgIpc) is 3.77. The van der Waals surface area contributed by atoms with E-state index in [0.29, 0.717) is 5.69 Å². The molecule has 0 unspecified atom stereocenters. The van der Waals surface area contributed by atoms with Crippen molar-refractivity contribution in [1.29, 1.82) is 0 Å². The first kappa shape index (κ1) is 30.6. The number of amides is 3. The minimum absolute atomic E-state index is 0.0467. The minimum atomic E-state index is -3.76. The largest absolute Gasteiger partial charge is 0.465 e. The number of hydrogen-bond donors (Lipinski definition) is 3. The van der Waals surface area contributed by atoms with Crippen LogP contribution in [0.3, 0.4) is 0 Å². The number of carbonyl (C=O) groups is 3. The van der Waals surface area contributed by atoms with E-state index in [0.717, 1.165) is 17.5 Å². The van der Waals surface area contributed by atoms with Gasteiger partial charge in [-0.05, 0) is 49.8 Å². The molecule has 12 nitrogen and oxygen atoms in total. The molecule has 1 aromatic carbocycles. The van der Waals surface area contributed by atoms with Gasteiger partial charge < -0.3 is 34.4 Å². The molecule has 0 bridgehead atoms. The molecule has 3 atom stereocenters. The topological polar surface area (TPSA) is 159 Å². The zero-order valence-corrected chi connectivity index (χ0v) is 24.2. The standard InChI is InChI=1S/C28H37N4O8P/c1-3-39-41(38,40-4-2)18-25(27(35)31-10-12-32(13-11-31)28(36)37)30-26(34)24-16-20(22-14-21(22)17-33)15-23(29-24)19-8-6-5-7-9-19/h5-9,15-16,21-22,25,33H,3-4,10-14,17-18H2,1-2H3,(H,30,34)(H,36,37)/t21-,22-,25+/m1/s1. The SMILES string of the molecule is CCOP(=O)(C[C@H](NC(=O)c1cc([C@H]2C[C@@H]2CO)cc(-c2ccccc2)n1)C(=O)N1CCN(C(=O)O)CC1)OCC. The molecule has 0 spiro atoms. The number of pyridine rings is 1. The summed E-state index contributed by atoms with van der Waals surface area (Å²) in [7, 11) is -3.76. The maximum absolute atomic E-state index is 13.7. The Morgan fingerprint density at radius 2 is 1.68 bits per heavy atom. The van der Waals surface area contributed by atoms with E-state index in [1.54, 1.807) is 19.9 Å². The fourth-order valence-corrected chi connectivity index (χ4v) is 6.78. The second-order valence-electron chi connectivity index (χ2n) is 10.1. The average molecular weight is 589 g/mol. The molecule has 4 rings (SSSR count). The third-order valence-corrected chi connectivity index (χ3v) is 9.37. The molecule has 2 aliphatic rings. The number of piperazine rings is 1. The fourth-order valence-electron chi connectivity index (χ4n) is 5.01. The van der Waals surface area contributed by atoms with Gasteiger partial charge in [0.1, 0.15) is 11.7 Å². The number of nitrogens with zero attached hydrogens (tertiary/aromatic N) is 3. The van der Waals surface area contributed by atoms with E-state index < -0.39 is 37.7 Å². The second-order valence-corrected chi connectivity index (χ2v) is 12.2. The Hall–Kier alpha value is -3.31. The number of aliphatic hydroxyl groups excluding tert-OH is 1. The predicted molar refractivity (Wildman–Crippen MR) is 151 cm³/mol. The van der Waals surface area contributed by atoms with Gasteiger partial charge in [-0.3, -0.25) is 14.2 Å². The van der Waals surface area contributed by atoms with Crippen molar-refractivity contribution in [1.82, 2.24) is 20.1 Å². The molecule has 0 radical (unpaired) electrons. The van der Waals surface area contributed by atoms with Crippen LogP contribution in [0.5, 0.6) is 0 Å². The third kappa shape index (κ3) is 7.71. The number of rotatable bonds is 12. The third-order valence-electron chi connectivity index (χ3n) is 7.26. The lowest BCUT2D eigenvalue weighted by Gasteiger charge is -2.35. The van der Waals surface area contributed by atoms with Gasteiger partial charge in [0.25, 0.3) is 5.91 Å². The Bertz CT molecular complexity index is 1280. The smallest absolute Gasteiger partial charge is 0.407 e. The number of aromatic nitrogens is 1. The number of carbonyl (C=O) groups excluding carboxylic acids is 2. The number of benzene rings is 1. The number of hydrogen-bond acceptors (Lipinski definition) is 8. The van der Waals surface area contributed by atoms with Crippen LogP contribution in [-0.4, -0.2) is 101 Å². The summed E-state index contributed by atoms with van der Waals surface area (Å²) in [5.74, 6) is -0.938. The van der Waals surface area contributed by atoms with Crippen molar-refractivity contribution in [2.45, 2.75) is 32.2 Å². The molecule has 13 heteroatoms. The van der Waals surface area contributed by atoms with Gasteiger partial charge >= 0.3 is 13.7 Å². The molecule has 1 aliphatic heterocycles. The maximum Gasteiger partial charge on any atom is 0.407 e.